The van der Waals surface area contributed by atoms with Gasteiger partial charge in [0.15, 0.2) is 0 Å². The number of fused-ring (bicyclic) bond motifs is 1. The minimum atomic E-state index is 0.0612. The molecule has 4 rings (SSSR count). The van der Waals surface area contributed by atoms with Crippen LogP contribution >= 0.6 is 0 Å². The molecule has 2 heterocycles. The summed E-state index contributed by atoms with van der Waals surface area (Å²) < 4.78 is 0. The van der Waals surface area contributed by atoms with Crippen LogP contribution in [-0.4, -0.2) is 36.0 Å². The van der Waals surface area contributed by atoms with Gasteiger partial charge >= 0.3 is 0 Å². The summed E-state index contributed by atoms with van der Waals surface area (Å²) in [6.45, 7) is 1.93. The third kappa shape index (κ3) is 3.04. The van der Waals surface area contributed by atoms with Crippen molar-refractivity contribution in [3.05, 3.63) is 42.2 Å². The van der Waals surface area contributed by atoms with Gasteiger partial charge in [0.2, 0.25) is 5.91 Å². The van der Waals surface area contributed by atoms with Crippen LogP contribution in [0.2, 0.25) is 0 Å². The number of likely N-dealkylation sites (N-methyl/N-ethyl adjacent to an activating group) is 1. The van der Waals surface area contributed by atoms with Gasteiger partial charge in [-0.1, -0.05) is 18.2 Å². The van der Waals surface area contributed by atoms with Crippen molar-refractivity contribution in [3.8, 4) is 0 Å². The van der Waals surface area contributed by atoms with Gasteiger partial charge in [0, 0.05) is 31.9 Å². The third-order valence-corrected chi connectivity index (χ3v) is 4.66. The SMILES string of the molecule is CN1C(=O)CN(c2cc(NCC3CC3)ncn2)Cc2ccccc21. The summed E-state index contributed by atoms with van der Waals surface area (Å²) in [5.41, 5.74) is 2.09. The molecule has 1 aliphatic heterocycles. The summed E-state index contributed by atoms with van der Waals surface area (Å²) in [6.07, 6.45) is 4.17. The van der Waals surface area contributed by atoms with Crippen LogP contribution in [-0.2, 0) is 11.3 Å². The first kappa shape index (κ1) is 14.9. The van der Waals surface area contributed by atoms with E-state index in [2.05, 4.69) is 21.4 Å². The topological polar surface area (TPSA) is 61.4 Å². The molecule has 124 valence electrons. The van der Waals surface area contributed by atoms with Crippen molar-refractivity contribution >= 4 is 23.2 Å². The Balaban J connectivity index is 1.59. The number of nitrogens with one attached hydrogen (secondary N) is 1. The van der Waals surface area contributed by atoms with E-state index >= 15 is 0 Å². The molecule has 6 heteroatoms. The van der Waals surface area contributed by atoms with Crippen LogP contribution in [0.5, 0.6) is 0 Å². The van der Waals surface area contributed by atoms with Gasteiger partial charge in [-0.25, -0.2) is 9.97 Å². The second kappa shape index (κ2) is 6.11. The van der Waals surface area contributed by atoms with Crippen LogP contribution in [0.4, 0.5) is 17.3 Å². The first-order valence-electron chi connectivity index (χ1n) is 8.36. The molecule has 0 radical (unpaired) electrons. The fraction of sp³-hybridized carbons (Fsp3) is 0.389. The lowest BCUT2D eigenvalue weighted by atomic mass is 10.1. The Bertz CT molecular complexity index is 759. The van der Waals surface area contributed by atoms with E-state index in [1.807, 2.05) is 36.2 Å². The Morgan fingerprint density at radius 3 is 2.88 bits per heavy atom. The number of carbonyl (C=O) groups is 1. The summed E-state index contributed by atoms with van der Waals surface area (Å²) in [4.78, 5) is 24.9. The van der Waals surface area contributed by atoms with Crippen molar-refractivity contribution < 1.29 is 4.79 Å². The Kier molecular flexibility index (Phi) is 3.80. The molecule has 6 nitrogen and oxygen atoms in total. The fourth-order valence-corrected chi connectivity index (χ4v) is 2.99. The van der Waals surface area contributed by atoms with Gasteiger partial charge in [-0.05, 0) is 30.4 Å². The first-order valence-corrected chi connectivity index (χ1v) is 8.36. The van der Waals surface area contributed by atoms with Crippen LogP contribution in [0.15, 0.2) is 36.7 Å². The second-order valence-electron chi connectivity index (χ2n) is 6.52. The van der Waals surface area contributed by atoms with Crippen LogP contribution in [0.3, 0.4) is 0 Å². The number of amides is 1. The molecular weight excluding hydrogens is 302 g/mol. The number of benzene rings is 1. The quantitative estimate of drug-likeness (QED) is 0.935. The average Bonchev–Trinajstić information content (AvgIpc) is 3.44. The smallest absolute Gasteiger partial charge is 0.246 e. The highest BCUT2D eigenvalue weighted by molar-refractivity contribution is 5.97. The lowest BCUT2D eigenvalue weighted by molar-refractivity contribution is -0.117. The molecule has 1 N–H and O–H groups in total. The second-order valence-corrected chi connectivity index (χ2v) is 6.52. The summed E-state index contributed by atoms with van der Waals surface area (Å²) in [5.74, 6) is 2.45. The Morgan fingerprint density at radius 1 is 1.21 bits per heavy atom. The van der Waals surface area contributed by atoms with E-state index in [1.54, 1.807) is 11.2 Å². The molecule has 1 aromatic heterocycles. The number of anilines is 3. The zero-order chi connectivity index (χ0) is 16.5. The Morgan fingerprint density at radius 2 is 2.04 bits per heavy atom. The van der Waals surface area contributed by atoms with Crippen molar-refractivity contribution in [2.24, 2.45) is 5.92 Å². The number of hydrogen-bond acceptors (Lipinski definition) is 5. The third-order valence-electron chi connectivity index (χ3n) is 4.66. The van der Waals surface area contributed by atoms with Gasteiger partial charge in [-0.2, -0.15) is 0 Å². The maximum Gasteiger partial charge on any atom is 0.246 e. The average molecular weight is 323 g/mol. The lowest BCUT2D eigenvalue weighted by Crippen LogP contribution is -2.35. The highest BCUT2D eigenvalue weighted by atomic mass is 16.2. The van der Waals surface area contributed by atoms with E-state index in [0.29, 0.717) is 13.1 Å². The molecule has 1 aromatic carbocycles. The van der Waals surface area contributed by atoms with Gasteiger partial charge in [-0.3, -0.25) is 4.79 Å². The Labute approximate surface area is 141 Å². The highest BCUT2D eigenvalue weighted by Gasteiger charge is 2.25. The van der Waals surface area contributed by atoms with Crippen LogP contribution in [0.1, 0.15) is 18.4 Å². The summed E-state index contributed by atoms with van der Waals surface area (Å²) in [5, 5.41) is 3.37. The van der Waals surface area contributed by atoms with Crippen LogP contribution in [0.25, 0.3) is 0 Å². The molecule has 24 heavy (non-hydrogen) atoms. The number of carbonyl (C=O) groups excluding carboxylic acids is 1. The molecule has 0 bridgehead atoms. The molecule has 0 unspecified atom stereocenters. The summed E-state index contributed by atoms with van der Waals surface area (Å²) in [7, 11) is 1.83. The van der Waals surface area contributed by atoms with Crippen molar-refractivity contribution in [1.82, 2.24) is 9.97 Å². The maximum atomic E-state index is 12.5. The predicted molar refractivity (Wildman–Crippen MR) is 94.1 cm³/mol. The van der Waals surface area contributed by atoms with Gasteiger partial charge in [0.25, 0.3) is 0 Å². The van der Waals surface area contributed by atoms with Gasteiger partial charge < -0.3 is 15.1 Å². The van der Waals surface area contributed by atoms with Crippen molar-refractivity contribution in [3.63, 3.8) is 0 Å². The van der Waals surface area contributed by atoms with E-state index in [0.717, 1.165) is 35.3 Å². The van der Waals surface area contributed by atoms with Crippen molar-refractivity contribution in [1.29, 1.82) is 0 Å². The maximum absolute atomic E-state index is 12.5. The number of aromatic nitrogens is 2. The molecule has 2 aromatic rings. The van der Waals surface area contributed by atoms with E-state index in [-0.39, 0.29) is 5.91 Å². The van der Waals surface area contributed by atoms with Crippen LogP contribution < -0.4 is 15.1 Å². The molecular formula is C18H21N5O. The van der Waals surface area contributed by atoms with E-state index in [4.69, 9.17) is 0 Å². The summed E-state index contributed by atoms with van der Waals surface area (Å²) >= 11 is 0. The van der Waals surface area contributed by atoms with Gasteiger partial charge in [-0.15, -0.1) is 0 Å². The minimum absolute atomic E-state index is 0.0612. The number of nitrogens with zero attached hydrogens (tertiary/aromatic N) is 4. The molecule has 1 saturated carbocycles. The lowest BCUT2D eigenvalue weighted by Gasteiger charge is -2.21. The molecule has 0 spiro atoms. The monoisotopic (exact) mass is 323 g/mol. The minimum Gasteiger partial charge on any atom is -0.370 e. The largest absolute Gasteiger partial charge is 0.370 e. The first-order chi connectivity index (χ1) is 11.7. The Hall–Kier alpha value is -2.63. The zero-order valence-electron chi connectivity index (χ0n) is 13.8. The molecule has 2 aliphatic rings. The fourth-order valence-electron chi connectivity index (χ4n) is 2.99. The van der Waals surface area contributed by atoms with Crippen LogP contribution in [0, 0.1) is 5.92 Å². The van der Waals surface area contributed by atoms with Gasteiger partial charge in [0.1, 0.15) is 18.0 Å². The standard InChI is InChI=1S/C18H21N5O/c1-22-15-5-3-2-4-14(15)10-23(11-18(22)24)17-8-16(20-12-21-17)19-9-13-6-7-13/h2-5,8,12-13H,6-7,9-11H2,1H3,(H,19,20,21). The summed E-state index contributed by atoms with van der Waals surface area (Å²) in [6, 6.07) is 9.94. The highest BCUT2D eigenvalue weighted by Crippen LogP contribution is 2.30. The number of para-hydroxylation sites is 1. The van der Waals surface area contributed by atoms with Crippen molar-refractivity contribution in [2.45, 2.75) is 19.4 Å². The van der Waals surface area contributed by atoms with E-state index < -0.39 is 0 Å². The molecule has 1 fully saturated rings. The molecule has 1 amide bonds. The molecule has 1 aliphatic carbocycles. The normalized spacial score (nSPS) is 17.5. The van der Waals surface area contributed by atoms with Gasteiger partial charge in [0.05, 0.1) is 6.54 Å². The van der Waals surface area contributed by atoms with E-state index in [9.17, 15) is 4.79 Å². The predicted octanol–water partition coefficient (Wildman–Crippen LogP) is 2.28. The zero-order valence-corrected chi connectivity index (χ0v) is 13.8. The number of rotatable bonds is 4. The van der Waals surface area contributed by atoms with E-state index in [1.165, 1.54) is 12.8 Å². The molecule has 0 atom stereocenters. The van der Waals surface area contributed by atoms with Crippen molar-refractivity contribution in [2.75, 3.05) is 35.3 Å². The molecule has 0 saturated heterocycles. The number of hydrogen-bond donors (Lipinski definition) is 1.